The predicted octanol–water partition coefficient (Wildman–Crippen LogP) is 5.40. The van der Waals surface area contributed by atoms with Gasteiger partial charge in [0.15, 0.2) is 0 Å². The van der Waals surface area contributed by atoms with Crippen molar-refractivity contribution < 1.29 is 0 Å². The highest BCUT2D eigenvalue weighted by molar-refractivity contribution is 7.09. The molecule has 0 spiro atoms. The van der Waals surface area contributed by atoms with Gasteiger partial charge >= 0.3 is 0 Å². The first-order valence-corrected chi connectivity index (χ1v) is 8.37. The lowest BCUT2D eigenvalue weighted by atomic mass is 9.78. The Balaban J connectivity index is 2.24. The zero-order chi connectivity index (χ0) is 13.7. The summed E-state index contributed by atoms with van der Waals surface area (Å²) in [6, 6.07) is 12.7. The lowest BCUT2D eigenvalue weighted by Crippen LogP contribution is -2.32. The maximum Gasteiger partial charge on any atom is 0.0332 e. The fourth-order valence-electron chi connectivity index (χ4n) is 2.43. The summed E-state index contributed by atoms with van der Waals surface area (Å²) in [5.41, 5.74) is 2.44. The summed E-state index contributed by atoms with van der Waals surface area (Å²) in [5, 5.41) is 2.12. The highest BCUT2D eigenvalue weighted by Gasteiger charge is 2.31. The van der Waals surface area contributed by atoms with E-state index in [-0.39, 0.29) is 5.41 Å². The second-order valence-corrected chi connectivity index (χ2v) is 6.51. The maximum atomic E-state index is 6.29. The first kappa shape index (κ1) is 14.9. The Hall–Kier alpha value is -0.500. The van der Waals surface area contributed by atoms with E-state index in [9.17, 15) is 0 Å². The Kier molecular flexibility index (Phi) is 5.32. The van der Waals surface area contributed by atoms with Gasteiger partial charge in [-0.05, 0) is 42.3 Å². The van der Waals surface area contributed by atoms with Gasteiger partial charge < -0.3 is 0 Å². The average Bonchev–Trinajstić information content (AvgIpc) is 2.95. The maximum absolute atomic E-state index is 6.29. The lowest BCUT2D eigenvalue weighted by molar-refractivity contribution is 0.492. The zero-order valence-corrected chi connectivity index (χ0v) is 13.4. The topological polar surface area (TPSA) is 0 Å². The largest absolute Gasteiger partial charge is 0.149 e. The van der Waals surface area contributed by atoms with Crippen LogP contribution in [0.3, 0.4) is 0 Å². The molecule has 2 rings (SSSR count). The van der Waals surface area contributed by atoms with Crippen molar-refractivity contribution in [1.29, 1.82) is 0 Å². The van der Waals surface area contributed by atoms with E-state index in [1.165, 1.54) is 16.0 Å². The third-order valence-corrected chi connectivity index (χ3v) is 5.62. The molecule has 0 amide bonds. The number of rotatable bonds is 6. The molecule has 0 N–H and O–H groups in total. The van der Waals surface area contributed by atoms with Crippen LogP contribution in [0.15, 0.2) is 41.8 Å². The molecule has 3 heteroatoms. The fraction of sp³-hybridized carbons (Fsp3) is 0.375. The molecule has 0 aliphatic carbocycles. The molecule has 102 valence electrons. The standard InChI is InChI=1S/C16H18Cl2S/c1-13-5-2-3-7-15(13)16(11-17,12-18)9-8-14-6-4-10-19-14/h2-7,10H,8-9,11-12H2,1H3. The van der Waals surface area contributed by atoms with Gasteiger partial charge in [-0.3, -0.25) is 0 Å². The number of thiophene rings is 1. The van der Waals surface area contributed by atoms with Crippen molar-refractivity contribution in [2.45, 2.75) is 25.2 Å². The number of halogens is 2. The van der Waals surface area contributed by atoms with E-state index < -0.39 is 0 Å². The Morgan fingerprint density at radius 1 is 1.05 bits per heavy atom. The summed E-state index contributed by atoms with van der Waals surface area (Å²) in [7, 11) is 0. The second kappa shape index (κ2) is 6.78. The smallest absolute Gasteiger partial charge is 0.0332 e. The van der Waals surface area contributed by atoms with Crippen LogP contribution in [0.5, 0.6) is 0 Å². The molecule has 0 radical (unpaired) electrons. The van der Waals surface area contributed by atoms with Gasteiger partial charge in [-0.1, -0.05) is 30.3 Å². The number of alkyl halides is 2. The molecule has 0 aliphatic rings. The van der Waals surface area contributed by atoms with Gasteiger partial charge in [0, 0.05) is 22.1 Å². The van der Waals surface area contributed by atoms with E-state index in [1.807, 2.05) is 0 Å². The van der Waals surface area contributed by atoms with E-state index in [0.29, 0.717) is 11.8 Å². The van der Waals surface area contributed by atoms with Crippen molar-refractivity contribution in [3.05, 3.63) is 57.8 Å². The number of hydrogen-bond donors (Lipinski definition) is 0. The third-order valence-electron chi connectivity index (χ3n) is 3.66. The molecular weight excluding hydrogens is 295 g/mol. The molecule has 0 nitrogen and oxygen atoms in total. The minimum absolute atomic E-state index is 0.127. The zero-order valence-electron chi connectivity index (χ0n) is 11.0. The Morgan fingerprint density at radius 3 is 2.37 bits per heavy atom. The first-order valence-electron chi connectivity index (χ1n) is 6.42. The van der Waals surface area contributed by atoms with E-state index in [2.05, 4.69) is 48.7 Å². The van der Waals surface area contributed by atoms with Crippen LogP contribution in [0.4, 0.5) is 0 Å². The van der Waals surface area contributed by atoms with Crippen LogP contribution in [0.25, 0.3) is 0 Å². The van der Waals surface area contributed by atoms with E-state index in [0.717, 1.165) is 12.8 Å². The van der Waals surface area contributed by atoms with E-state index in [1.54, 1.807) is 11.3 Å². The quantitative estimate of drug-likeness (QED) is 0.626. The minimum Gasteiger partial charge on any atom is -0.149 e. The number of benzene rings is 1. The van der Waals surface area contributed by atoms with Crippen LogP contribution in [-0.2, 0) is 11.8 Å². The number of aryl methyl sites for hydroxylation is 2. The summed E-state index contributed by atoms with van der Waals surface area (Å²) in [4.78, 5) is 1.40. The van der Waals surface area contributed by atoms with Crippen LogP contribution < -0.4 is 0 Å². The van der Waals surface area contributed by atoms with Crippen molar-refractivity contribution in [2.24, 2.45) is 0 Å². The lowest BCUT2D eigenvalue weighted by Gasteiger charge is -2.31. The molecule has 1 heterocycles. The fourth-order valence-corrected chi connectivity index (χ4v) is 3.98. The Labute approximate surface area is 129 Å². The first-order chi connectivity index (χ1) is 9.22. The Morgan fingerprint density at radius 2 is 1.79 bits per heavy atom. The van der Waals surface area contributed by atoms with Gasteiger partial charge in [-0.2, -0.15) is 0 Å². The second-order valence-electron chi connectivity index (χ2n) is 4.94. The summed E-state index contributed by atoms with van der Waals surface area (Å²) < 4.78 is 0. The van der Waals surface area contributed by atoms with Crippen molar-refractivity contribution in [3.63, 3.8) is 0 Å². The van der Waals surface area contributed by atoms with Crippen LogP contribution in [0, 0.1) is 6.92 Å². The average molecular weight is 313 g/mol. The molecule has 0 unspecified atom stereocenters. The summed E-state index contributed by atoms with van der Waals surface area (Å²) in [6.07, 6.45) is 2.02. The minimum atomic E-state index is -0.127. The summed E-state index contributed by atoms with van der Waals surface area (Å²) in [6.45, 7) is 2.13. The van der Waals surface area contributed by atoms with E-state index >= 15 is 0 Å². The normalized spacial score (nSPS) is 11.7. The molecule has 1 aromatic carbocycles. The van der Waals surface area contributed by atoms with Gasteiger partial charge in [-0.15, -0.1) is 34.5 Å². The predicted molar refractivity (Wildman–Crippen MR) is 86.9 cm³/mol. The Bertz CT molecular complexity index is 501. The third kappa shape index (κ3) is 3.34. The molecule has 19 heavy (non-hydrogen) atoms. The van der Waals surface area contributed by atoms with Gasteiger partial charge in [-0.25, -0.2) is 0 Å². The van der Waals surface area contributed by atoms with E-state index in [4.69, 9.17) is 23.2 Å². The molecule has 0 atom stereocenters. The molecule has 0 bridgehead atoms. The molecule has 0 fully saturated rings. The van der Waals surface area contributed by atoms with Crippen molar-refractivity contribution in [3.8, 4) is 0 Å². The van der Waals surface area contributed by atoms with Gasteiger partial charge in [0.05, 0.1) is 0 Å². The van der Waals surface area contributed by atoms with Gasteiger partial charge in [0.2, 0.25) is 0 Å². The van der Waals surface area contributed by atoms with Crippen molar-refractivity contribution in [1.82, 2.24) is 0 Å². The van der Waals surface area contributed by atoms with Crippen LogP contribution in [-0.4, -0.2) is 11.8 Å². The molecule has 0 saturated carbocycles. The summed E-state index contributed by atoms with van der Waals surface area (Å²) in [5.74, 6) is 1.12. The molecular formula is C16H18Cl2S. The monoisotopic (exact) mass is 312 g/mol. The van der Waals surface area contributed by atoms with Crippen LogP contribution >= 0.6 is 34.5 Å². The summed E-state index contributed by atoms with van der Waals surface area (Å²) >= 11 is 14.4. The van der Waals surface area contributed by atoms with Crippen LogP contribution in [0.2, 0.25) is 0 Å². The van der Waals surface area contributed by atoms with Crippen molar-refractivity contribution in [2.75, 3.05) is 11.8 Å². The number of hydrogen-bond acceptors (Lipinski definition) is 1. The molecule has 2 aromatic rings. The highest BCUT2D eigenvalue weighted by Crippen LogP contribution is 2.35. The molecule has 0 aliphatic heterocycles. The molecule has 0 saturated heterocycles. The van der Waals surface area contributed by atoms with Gasteiger partial charge in [0.1, 0.15) is 0 Å². The van der Waals surface area contributed by atoms with Gasteiger partial charge in [0.25, 0.3) is 0 Å². The van der Waals surface area contributed by atoms with Crippen LogP contribution in [0.1, 0.15) is 22.4 Å². The highest BCUT2D eigenvalue weighted by atomic mass is 35.5. The van der Waals surface area contributed by atoms with Crippen molar-refractivity contribution >= 4 is 34.5 Å². The SMILES string of the molecule is Cc1ccccc1C(CCl)(CCl)CCc1cccs1. The molecule has 1 aromatic heterocycles.